The molecule has 1 rings (SSSR count). The van der Waals surface area contributed by atoms with Gasteiger partial charge in [-0.25, -0.2) is 4.79 Å². The highest BCUT2D eigenvalue weighted by molar-refractivity contribution is 5.89. The van der Waals surface area contributed by atoms with Gasteiger partial charge in [0, 0.05) is 6.42 Å². The summed E-state index contributed by atoms with van der Waals surface area (Å²) in [5, 5.41) is 9.55. The molecule has 0 radical (unpaired) electrons. The van der Waals surface area contributed by atoms with E-state index >= 15 is 0 Å². The van der Waals surface area contributed by atoms with Crippen LogP contribution in [-0.4, -0.2) is 24.4 Å². The number of methoxy groups -OCH3 is 1. The molecule has 0 unspecified atom stereocenters. The maximum atomic E-state index is 12.0. The topological polar surface area (TPSA) is 46.5 Å². The van der Waals surface area contributed by atoms with Gasteiger partial charge in [0.15, 0.2) is 0 Å². The Hall–Kier alpha value is -1.56. The second-order valence-electron chi connectivity index (χ2n) is 3.78. The number of hydrogen-bond donors (Lipinski definition) is 1. The van der Waals surface area contributed by atoms with Gasteiger partial charge in [-0.1, -0.05) is 12.1 Å². The van der Waals surface area contributed by atoms with Crippen molar-refractivity contribution in [2.24, 2.45) is 0 Å². The number of aliphatic hydroxyl groups is 1. The molecular weight excluding hydrogens is 249 g/mol. The zero-order valence-corrected chi connectivity index (χ0v) is 9.70. The molecule has 0 aromatic heterocycles. The van der Waals surface area contributed by atoms with Gasteiger partial charge in [-0.15, -0.1) is 0 Å². The molecule has 0 aliphatic rings. The lowest BCUT2D eigenvalue weighted by atomic mass is 10.0. The fourth-order valence-electron chi connectivity index (χ4n) is 1.43. The van der Waals surface area contributed by atoms with Crippen molar-refractivity contribution in [3.8, 4) is 0 Å². The van der Waals surface area contributed by atoms with Crippen LogP contribution in [0.3, 0.4) is 0 Å². The van der Waals surface area contributed by atoms with Crippen molar-refractivity contribution in [2.45, 2.75) is 25.1 Å². The first kappa shape index (κ1) is 14.5. The summed E-state index contributed by atoms with van der Waals surface area (Å²) in [4.78, 5) is 11.1. The Morgan fingerprint density at radius 3 is 2.33 bits per heavy atom. The Morgan fingerprint density at radius 2 is 1.89 bits per heavy atom. The number of esters is 1. The number of halogens is 3. The zero-order chi connectivity index (χ0) is 13.8. The van der Waals surface area contributed by atoms with E-state index in [9.17, 15) is 23.1 Å². The highest BCUT2D eigenvalue weighted by Gasteiger charge is 2.28. The van der Waals surface area contributed by atoms with E-state index in [1.807, 2.05) is 0 Å². The predicted octanol–water partition coefficient (Wildman–Crippen LogP) is 2.85. The fourth-order valence-corrected chi connectivity index (χ4v) is 1.43. The monoisotopic (exact) mass is 262 g/mol. The van der Waals surface area contributed by atoms with Crippen LogP contribution in [-0.2, 0) is 4.74 Å². The molecule has 0 amide bonds. The summed E-state index contributed by atoms with van der Waals surface area (Å²) in [7, 11) is 1.23. The summed E-state index contributed by atoms with van der Waals surface area (Å²) in [5.74, 6) is -0.536. The maximum Gasteiger partial charge on any atom is 0.389 e. The molecule has 0 heterocycles. The SMILES string of the molecule is COC(=O)c1ccc([C@@H](O)CCC(F)(F)F)cc1. The molecule has 1 aromatic carbocycles. The average Bonchev–Trinajstić information content (AvgIpc) is 2.34. The molecule has 0 aliphatic carbocycles. The van der Waals surface area contributed by atoms with Gasteiger partial charge in [-0.2, -0.15) is 13.2 Å². The molecule has 6 heteroatoms. The Kier molecular flexibility index (Phi) is 4.72. The van der Waals surface area contributed by atoms with Crippen LogP contribution in [0.5, 0.6) is 0 Å². The van der Waals surface area contributed by atoms with E-state index in [1.165, 1.54) is 31.4 Å². The van der Waals surface area contributed by atoms with E-state index in [0.717, 1.165) is 0 Å². The quantitative estimate of drug-likeness (QED) is 0.849. The summed E-state index contributed by atoms with van der Waals surface area (Å²) in [5.41, 5.74) is 0.621. The number of carbonyl (C=O) groups is 1. The Balaban J connectivity index is 2.64. The van der Waals surface area contributed by atoms with Crippen molar-refractivity contribution in [3.63, 3.8) is 0 Å². The highest BCUT2D eigenvalue weighted by atomic mass is 19.4. The van der Waals surface area contributed by atoms with Crippen LogP contribution in [0, 0.1) is 0 Å². The molecule has 0 aliphatic heterocycles. The normalized spacial score (nSPS) is 13.2. The molecule has 0 saturated carbocycles. The summed E-state index contributed by atoms with van der Waals surface area (Å²) >= 11 is 0. The van der Waals surface area contributed by atoms with E-state index in [4.69, 9.17) is 0 Å². The standard InChI is InChI=1S/C12H13F3O3/c1-18-11(17)9-4-2-8(3-5-9)10(16)6-7-12(13,14)15/h2-5,10,16H,6-7H2,1H3/t10-/m0/s1. The Labute approximate surface area is 102 Å². The van der Waals surface area contributed by atoms with Crippen LogP contribution in [0.2, 0.25) is 0 Å². The van der Waals surface area contributed by atoms with Gasteiger partial charge in [-0.05, 0) is 24.1 Å². The largest absolute Gasteiger partial charge is 0.465 e. The van der Waals surface area contributed by atoms with Crippen LogP contribution in [0.4, 0.5) is 13.2 Å². The third kappa shape index (κ3) is 4.37. The van der Waals surface area contributed by atoms with E-state index in [-0.39, 0.29) is 5.56 Å². The molecule has 1 N–H and O–H groups in total. The first-order chi connectivity index (χ1) is 8.33. The number of hydrogen-bond acceptors (Lipinski definition) is 3. The Bertz CT molecular complexity index is 398. The second kappa shape index (κ2) is 5.86. The van der Waals surface area contributed by atoms with Crippen molar-refractivity contribution in [1.82, 2.24) is 0 Å². The molecule has 0 fully saturated rings. The Morgan fingerprint density at radius 1 is 1.33 bits per heavy atom. The van der Waals surface area contributed by atoms with Crippen LogP contribution in [0.15, 0.2) is 24.3 Å². The van der Waals surface area contributed by atoms with Crippen molar-refractivity contribution in [1.29, 1.82) is 0 Å². The van der Waals surface area contributed by atoms with Gasteiger partial charge in [0.25, 0.3) is 0 Å². The van der Waals surface area contributed by atoms with Crippen LogP contribution in [0.1, 0.15) is 34.9 Å². The molecule has 18 heavy (non-hydrogen) atoms. The van der Waals surface area contributed by atoms with E-state index < -0.39 is 31.1 Å². The number of carbonyl (C=O) groups excluding carboxylic acids is 1. The summed E-state index contributed by atoms with van der Waals surface area (Å²) in [6.07, 6.45) is -6.93. The van der Waals surface area contributed by atoms with Crippen molar-refractivity contribution >= 4 is 5.97 Å². The summed E-state index contributed by atoms with van der Waals surface area (Å²) in [6.45, 7) is 0. The lowest BCUT2D eigenvalue weighted by Crippen LogP contribution is -2.10. The zero-order valence-electron chi connectivity index (χ0n) is 9.70. The average molecular weight is 262 g/mol. The van der Waals surface area contributed by atoms with E-state index in [1.54, 1.807) is 0 Å². The third-order valence-corrected chi connectivity index (χ3v) is 2.42. The maximum absolute atomic E-state index is 12.0. The van der Waals surface area contributed by atoms with Gasteiger partial charge in [0.1, 0.15) is 0 Å². The summed E-state index contributed by atoms with van der Waals surface area (Å²) < 4.78 is 40.4. The minimum absolute atomic E-state index is 0.282. The first-order valence-corrected chi connectivity index (χ1v) is 5.26. The number of benzene rings is 1. The molecule has 0 spiro atoms. The van der Waals surface area contributed by atoms with Gasteiger partial charge < -0.3 is 9.84 Å². The smallest absolute Gasteiger partial charge is 0.389 e. The molecule has 0 bridgehead atoms. The lowest BCUT2D eigenvalue weighted by molar-refractivity contribution is -0.140. The molecule has 0 saturated heterocycles. The number of alkyl halides is 3. The van der Waals surface area contributed by atoms with Crippen LogP contribution in [0.25, 0.3) is 0 Å². The number of ether oxygens (including phenoxy) is 1. The van der Waals surface area contributed by atoms with Gasteiger partial charge in [0.2, 0.25) is 0 Å². The highest BCUT2D eigenvalue weighted by Crippen LogP contribution is 2.27. The van der Waals surface area contributed by atoms with Crippen LogP contribution >= 0.6 is 0 Å². The molecule has 1 aromatic rings. The van der Waals surface area contributed by atoms with Gasteiger partial charge in [-0.3, -0.25) is 0 Å². The van der Waals surface area contributed by atoms with Crippen LogP contribution < -0.4 is 0 Å². The van der Waals surface area contributed by atoms with E-state index in [2.05, 4.69) is 4.74 Å². The van der Waals surface area contributed by atoms with Gasteiger partial charge >= 0.3 is 12.1 Å². The summed E-state index contributed by atoms with van der Waals surface area (Å²) in [6, 6.07) is 5.62. The molecule has 1 atom stereocenters. The van der Waals surface area contributed by atoms with E-state index in [0.29, 0.717) is 5.56 Å². The molecular formula is C12H13F3O3. The number of aliphatic hydroxyl groups excluding tert-OH is 1. The van der Waals surface area contributed by atoms with Gasteiger partial charge in [0.05, 0.1) is 18.8 Å². The molecule has 100 valence electrons. The fraction of sp³-hybridized carbons (Fsp3) is 0.417. The van der Waals surface area contributed by atoms with Crippen molar-refractivity contribution in [2.75, 3.05) is 7.11 Å². The third-order valence-electron chi connectivity index (χ3n) is 2.42. The predicted molar refractivity (Wildman–Crippen MR) is 58.0 cm³/mol. The minimum atomic E-state index is -4.28. The number of rotatable bonds is 4. The van der Waals surface area contributed by atoms with Crippen molar-refractivity contribution in [3.05, 3.63) is 35.4 Å². The minimum Gasteiger partial charge on any atom is -0.465 e. The second-order valence-corrected chi connectivity index (χ2v) is 3.78. The lowest BCUT2D eigenvalue weighted by Gasteiger charge is -2.12. The van der Waals surface area contributed by atoms with Crippen molar-refractivity contribution < 1.29 is 27.8 Å². The first-order valence-electron chi connectivity index (χ1n) is 5.26. The molecule has 3 nitrogen and oxygen atoms in total.